The normalized spacial score (nSPS) is 11.2. The molecule has 0 atom stereocenters. The molecule has 0 aliphatic carbocycles. The Bertz CT molecular complexity index is 544. The number of nitrogens with one attached hydrogen (secondary N) is 1. The summed E-state index contributed by atoms with van der Waals surface area (Å²) in [7, 11) is 1.95. The number of nitrogens with zero attached hydrogens (tertiary/aromatic N) is 1. The minimum Gasteiger partial charge on any atom is -0.373 e. The molecule has 2 heteroatoms. The summed E-state index contributed by atoms with van der Waals surface area (Å²) in [6.07, 6.45) is 2.25. The zero-order chi connectivity index (χ0) is 13.1. The zero-order valence-corrected chi connectivity index (χ0v) is 11.7. The van der Waals surface area contributed by atoms with E-state index >= 15 is 0 Å². The molecule has 0 aliphatic heterocycles. The molecule has 1 heterocycles. The van der Waals surface area contributed by atoms with Crippen LogP contribution < -0.4 is 5.32 Å². The number of benzene rings is 1. The third-order valence-corrected chi connectivity index (χ3v) is 3.34. The molecule has 0 aliphatic rings. The molecule has 1 aromatic heterocycles. The second-order valence-electron chi connectivity index (χ2n) is 5.07. The number of rotatable bonds is 4. The van der Waals surface area contributed by atoms with Gasteiger partial charge in [0.05, 0.1) is 5.52 Å². The summed E-state index contributed by atoms with van der Waals surface area (Å²) in [6.45, 7) is 6.62. The first-order valence-electron chi connectivity index (χ1n) is 6.77. The molecule has 18 heavy (non-hydrogen) atoms. The van der Waals surface area contributed by atoms with E-state index in [0.29, 0.717) is 5.92 Å². The van der Waals surface area contributed by atoms with Crippen LogP contribution in [0.2, 0.25) is 0 Å². The van der Waals surface area contributed by atoms with Crippen molar-refractivity contribution in [3.8, 4) is 0 Å². The van der Waals surface area contributed by atoms with Crippen molar-refractivity contribution in [2.45, 2.75) is 39.5 Å². The van der Waals surface area contributed by atoms with Crippen molar-refractivity contribution in [3.05, 3.63) is 35.4 Å². The number of aryl methyl sites for hydroxylation is 1. The molecule has 96 valence electrons. The highest BCUT2D eigenvalue weighted by Crippen LogP contribution is 2.28. The number of pyridine rings is 1. The minimum atomic E-state index is 0.485. The van der Waals surface area contributed by atoms with E-state index in [1.54, 1.807) is 0 Å². The van der Waals surface area contributed by atoms with Crippen molar-refractivity contribution in [1.82, 2.24) is 4.98 Å². The van der Waals surface area contributed by atoms with E-state index in [2.05, 4.69) is 50.4 Å². The van der Waals surface area contributed by atoms with Crippen LogP contribution in [0.25, 0.3) is 10.9 Å². The van der Waals surface area contributed by atoms with Gasteiger partial charge in [0.2, 0.25) is 0 Å². The molecule has 2 aromatic rings. The highest BCUT2D eigenvalue weighted by atomic mass is 15.0. The summed E-state index contributed by atoms with van der Waals surface area (Å²) in [5.74, 6) is 1.50. The van der Waals surface area contributed by atoms with Crippen molar-refractivity contribution in [2.24, 2.45) is 0 Å². The highest BCUT2D eigenvalue weighted by Gasteiger charge is 2.10. The summed E-state index contributed by atoms with van der Waals surface area (Å²) >= 11 is 0. The lowest BCUT2D eigenvalue weighted by Gasteiger charge is -2.14. The third-order valence-electron chi connectivity index (χ3n) is 3.34. The van der Waals surface area contributed by atoms with E-state index in [0.717, 1.165) is 24.2 Å². The van der Waals surface area contributed by atoms with Gasteiger partial charge in [-0.2, -0.15) is 0 Å². The molecule has 2 nitrogen and oxygen atoms in total. The smallest absolute Gasteiger partial charge is 0.129 e. The second kappa shape index (κ2) is 5.38. The van der Waals surface area contributed by atoms with Crippen LogP contribution in [0.3, 0.4) is 0 Å². The van der Waals surface area contributed by atoms with E-state index < -0.39 is 0 Å². The Morgan fingerprint density at radius 3 is 2.67 bits per heavy atom. The molecule has 0 radical (unpaired) electrons. The second-order valence-corrected chi connectivity index (χ2v) is 5.07. The minimum absolute atomic E-state index is 0.485. The number of fused-ring (bicyclic) bond motifs is 1. The largest absolute Gasteiger partial charge is 0.373 e. The molecule has 0 unspecified atom stereocenters. The SMILES string of the molecule is CCCc1cccc2cc(C(C)C)c(NC)nc12. The van der Waals surface area contributed by atoms with Gasteiger partial charge in [-0.15, -0.1) is 0 Å². The van der Waals surface area contributed by atoms with E-state index in [1.165, 1.54) is 16.5 Å². The van der Waals surface area contributed by atoms with Crippen molar-refractivity contribution in [3.63, 3.8) is 0 Å². The lowest BCUT2D eigenvalue weighted by Crippen LogP contribution is -2.02. The Hall–Kier alpha value is -1.57. The maximum atomic E-state index is 4.82. The molecule has 0 bridgehead atoms. The summed E-state index contributed by atoms with van der Waals surface area (Å²) in [5.41, 5.74) is 3.79. The standard InChI is InChI=1S/C16H22N2/c1-5-7-12-8-6-9-13-10-14(11(2)3)16(17-4)18-15(12)13/h6,8-11H,5,7H2,1-4H3,(H,17,18). The van der Waals surface area contributed by atoms with Gasteiger partial charge in [0.1, 0.15) is 5.82 Å². The fraction of sp³-hybridized carbons (Fsp3) is 0.438. The topological polar surface area (TPSA) is 24.9 Å². The average Bonchev–Trinajstić information content (AvgIpc) is 2.38. The molecule has 0 saturated carbocycles. The van der Waals surface area contributed by atoms with E-state index in [9.17, 15) is 0 Å². The predicted octanol–water partition coefficient (Wildman–Crippen LogP) is 4.35. The van der Waals surface area contributed by atoms with Crippen molar-refractivity contribution >= 4 is 16.7 Å². The lowest BCUT2D eigenvalue weighted by atomic mass is 9.99. The first kappa shape index (κ1) is 12.9. The predicted molar refractivity (Wildman–Crippen MR) is 79.4 cm³/mol. The van der Waals surface area contributed by atoms with Gasteiger partial charge in [-0.25, -0.2) is 4.98 Å². The van der Waals surface area contributed by atoms with Gasteiger partial charge >= 0.3 is 0 Å². The van der Waals surface area contributed by atoms with E-state index in [4.69, 9.17) is 4.98 Å². The monoisotopic (exact) mass is 242 g/mol. The van der Waals surface area contributed by atoms with Gasteiger partial charge in [-0.3, -0.25) is 0 Å². The summed E-state index contributed by atoms with van der Waals surface area (Å²) in [4.78, 5) is 4.82. The zero-order valence-electron chi connectivity index (χ0n) is 11.7. The van der Waals surface area contributed by atoms with Crippen LogP contribution in [0.4, 0.5) is 5.82 Å². The average molecular weight is 242 g/mol. The first-order valence-corrected chi connectivity index (χ1v) is 6.77. The highest BCUT2D eigenvalue weighted by molar-refractivity contribution is 5.84. The molecule has 0 fully saturated rings. The van der Waals surface area contributed by atoms with Crippen LogP contribution in [-0.2, 0) is 6.42 Å². The van der Waals surface area contributed by atoms with Crippen LogP contribution in [0.5, 0.6) is 0 Å². The van der Waals surface area contributed by atoms with Gasteiger partial charge in [0.25, 0.3) is 0 Å². The maximum Gasteiger partial charge on any atom is 0.129 e. The maximum absolute atomic E-state index is 4.82. The fourth-order valence-corrected chi connectivity index (χ4v) is 2.39. The Morgan fingerprint density at radius 1 is 1.28 bits per heavy atom. The van der Waals surface area contributed by atoms with E-state index in [-0.39, 0.29) is 0 Å². The summed E-state index contributed by atoms with van der Waals surface area (Å²) in [6, 6.07) is 8.76. The lowest BCUT2D eigenvalue weighted by molar-refractivity contribution is 0.863. The molecule has 0 saturated heterocycles. The summed E-state index contributed by atoms with van der Waals surface area (Å²) < 4.78 is 0. The molecule has 0 amide bonds. The van der Waals surface area contributed by atoms with Gasteiger partial charge in [0.15, 0.2) is 0 Å². The van der Waals surface area contributed by atoms with Gasteiger partial charge in [0, 0.05) is 12.4 Å². The number of aromatic nitrogens is 1. The van der Waals surface area contributed by atoms with Gasteiger partial charge in [-0.05, 0) is 29.5 Å². The molecular formula is C16H22N2. The van der Waals surface area contributed by atoms with Crippen LogP contribution in [0, 0.1) is 0 Å². The van der Waals surface area contributed by atoms with Crippen molar-refractivity contribution in [1.29, 1.82) is 0 Å². The van der Waals surface area contributed by atoms with Crippen molar-refractivity contribution < 1.29 is 0 Å². The molecule has 1 aromatic carbocycles. The number of anilines is 1. The van der Waals surface area contributed by atoms with Crippen LogP contribution in [-0.4, -0.2) is 12.0 Å². The van der Waals surface area contributed by atoms with Crippen LogP contribution in [0.1, 0.15) is 44.2 Å². The molecule has 2 rings (SSSR count). The van der Waals surface area contributed by atoms with E-state index in [1.807, 2.05) is 7.05 Å². The van der Waals surface area contributed by atoms with Gasteiger partial charge < -0.3 is 5.32 Å². The Kier molecular flexibility index (Phi) is 3.85. The number of para-hydroxylation sites is 1. The van der Waals surface area contributed by atoms with Crippen LogP contribution in [0.15, 0.2) is 24.3 Å². The Balaban J connectivity index is 2.66. The number of hydrogen-bond donors (Lipinski definition) is 1. The summed E-state index contributed by atoms with van der Waals surface area (Å²) in [5, 5.41) is 4.48. The molecule has 1 N–H and O–H groups in total. The Labute approximate surface area is 109 Å². The third kappa shape index (κ3) is 2.33. The quantitative estimate of drug-likeness (QED) is 0.862. The first-order chi connectivity index (χ1) is 8.67. The molecule has 0 spiro atoms. The van der Waals surface area contributed by atoms with Crippen molar-refractivity contribution in [2.75, 3.05) is 12.4 Å². The molecular weight excluding hydrogens is 220 g/mol. The van der Waals surface area contributed by atoms with Gasteiger partial charge in [-0.1, -0.05) is 45.4 Å². The Morgan fingerprint density at radius 2 is 2.06 bits per heavy atom. The fourth-order valence-electron chi connectivity index (χ4n) is 2.39. The number of hydrogen-bond acceptors (Lipinski definition) is 2. The van der Waals surface area contributed by atoms with Crippen LogP contribution >= 0.6 is 0 Å².